The second kappa shape index (κ2) is 5.97. The average molecular weight is 265 g/mol. The van der Waals surface area contributed by atoms with E-state index in [1.165, 1.54) is 17.0 Å². The number of aliphatic hydroxyl groups excluding tert-OH is 1. The molecule has 1 fully saturated rings. The highest BCUT2D eigenvalue weighted by atomic mass is 16.3. The lowest BCUT2D eigenvalue weighted by Gasteiger charge is -2.36. The zero-order valence-electron chi connectivity index (χ0n) is 10.8. The fourth-order valence-corrected chi connectivity index (χ4v) is 2.55. The minimum absolute atomic E-state index is 0.0549. The normalized spacial score (nSPS) is 17.9. The van der Waals surface area contributed by atoms with Crippen LogP contribution in [0.5, 0.6) is 0 Å². The number of aromatic nitrogens is 2. The summed E-state index contributed by atoms with van der Waals surface area (Å²) in [7, 11) is 0. The molecule has 1 amide bonds. The first-order valence-electron chi connectivity index (χ1n) is 6.59. The third-order valence-electron chi connectivity index (χ3n) is 3.61. The Morgan fingerprint density at radius 3 is 2.79 bits per heavy atom. The van der Waals surface area contributed by atoms with Gasteiger partial charge in [-0.05, 0) is 18.9 Å². The molecule has 0 aromatic carbocycles. The van der Waals surface area contributed by atoms with E-state index in [1.807, 2.05) is 0 Å². The van der Waals surface area contributed by atoms with Crippen molar-refractivity contribution in [2.75, 3.05) is 6.61 Å². The van der Waals surface area contributed by atoms with Crippen LogP contribution < -0.4 is 11.0 Å². The molecular formula is C13H19N3O3. The fourth-order valence-electron chi connectivity index (χ4n) is 2.55. The van der Waals surface area contributed by atoms with E-state index in [0.29, 0.717) is 0 Å². The minimum atomic E-state index is -0.513. The molecule has 2 rings (SSSR count). The van der Waals surface area contributed by atoms with E-state index >= 15 is 0 Å². The van der Waals surface area contributed by atoms with Gasteiger partial charge < -0.3 is 10.4 Å². The standard InChI is InChI=1S/C13H19N3O3/c17-10-13(5-2-1-3-6-13)15-11(18)9-16-8-4-7-14-12(16)19/h4,7-8,17H,1-3,5-6,9-10H2,(H,15,18). The SMILES string of the molecule is O=C(Cn1cccnc1=O)NC1(CO)CCCCC1. The monoisotopic (exact) mass is 265 g/mol. The number of aliphatic hydroxyl groups is 1. The Kier molecular flexibility index (Phi) is 4.31. The predicted octanol–water partition coefficient (Wildman–Crippen LogP) is 0.0547. The summed E-state index contributed by atoms with van der Waals surface area (Å²) in [5.41, 5.74) is -0.958. The van der Waals surface area contributed by atoms with Crippen molar-refractivity contribution in [3.63, 3.8) is 0 Å². The van der Waals surface area contributed by atoms with Gasteiger partial charge in [-0.15, -0.1) is 0 Å². The molecule has 2 N–H and O–H groups in total. The number of hydrogen-bond acceptors (Lipinski definition) is 4. The lowest BCUT2D eigenvalue weighted by Crippen LogP contribution is -2.53. The van der Waals surface area contributed by atoms with Gasteiger partial charge in [0, 0.05) is 12.4 Å². The van der Waals surface area contributed by atoms with Crippen molar-refractivity contribution in [2.24, 2.45) is 0 Å². The maximum Gasteiger partial charge on any atom is 0.347 e. The van der Waals surface area contributed by atoms with Crippen LogP contribution >= 0.6 is 0 Å². The Labute approximate surface area is 111 Å². The molecule has 0 aliphatic heterocycles. The summed E-state index contributed by atoms with van der Waals surface area (Å²) in [6.45, 7) is -0.116. The van der Waals surface area contributed by atoms with Gasteiger partial charge in [0.25, 0.3) is 0 Å². The van der Waals surface area contributed by atoms with Crippen molar-refractivity contribution in [1.29, 1.82) is 0 Å². The number of hydrogen-bond donors (Lipinski definition) is 2. The van der Waals surface area contributed by atoms with E-state index in [2.05, 4.69) is 10.3 Å². The van der Waals surface area contributed by atoms with Gasteiger partial charge >= 0.3 is 5.69 Å². The van der Waals surface area contributed by atoms with Gasteiger partial charge in [0.1, 0.15) is 6.54 Å². The number of rotatable bonds is 4. The Balaban J connectivity index is 2.00. The van der Waals surface area contributed by atoms with Crippen LogP contribution in [0.25, 0.3) is 0 Å². The van der Waals surface area contributed by atoms with Crippen LogP contribution in [-0.2, 0) is 11.3 Å². The van der Waals surface area contributed by atoms with Crippen molar-refractivity contribution < 1.29 is 9.90 Å². The van der Waals surface area contributed by atoms with Crippen molar-refractivity contribution >= 4 is 5.91 Å². The van der Waals surface area contributed by atoms with Crippen molar-refractivity contribution in [3.05, 3.63) is 28.9 Å². The molecule has 0 bridgehead atoms. The first-order chi connectivity index (χ1) is 9.15. The topological polar surface area (TPSA) is 84.2 Å². The highest BCUT2D eigenvalue weighted by Gasteiger charge is 2.32. The number of nitrogens with one attached hydrogen (secondary N) is 1. The third-order valence-corrected chi connectivity index (χ3v) is 3.61. The first-order valence-corrected chi connectivity index (χ1v) is 6.59. The predicted molar refractivity (Wildman–Crippen MR) is 69.5 cm³/mol. The van der Waals surface area contributed by atoms with Crippen LogP contribution in [0.1, 0.15) is 32.1 Å². The molecule has 1 saturated carbocycles. The van der Waals surface area contributed by atoms with E-state index in [9.17, 15) is 14.7 Å². The number of amides is 1. The molecule has 1 heterocycles. The summed E-state index contributed by atoms with van der Waals surface area (Å²) in [5.74, 6) is -0.258. The molecule has 0 spiro atoms. The molecule has 1 aromatic heterocycles. The van der Waals surface area contributed by atoms with Crippen LogP contribution in [0.15, 0.2) is 23.3 Å². The van der Waals surface area contributed by atoms with Gasteiger partial charge in [-0.2, -0.15) is 0 Å². The van der Waals surface area contributed by atoms with E-state index in [4.69, 9.17) is 0 Å². The molecule has 1 aliphatic carbocycles. The summed E-state index contributed by atoms with van der Waals surface area (Å²) in [4.78, 5) is 27.0. The van der Waals surface area contributed by atoms with Gasteiger partial charge in [0.15, 0.2) is 0 Å². The Morgan fingerprint density at radius 1 is 1.42 bits per heavy atom. The lowest BCUT2D eigenvalue weighted by molar-refractivity contribution is -0.124. The molecular weight excluding hydrogens is 246 g/mol. The van der Waals surface area contributed by atoms with Crippen molar-refractivity contribution in [1.82, 2.24) is 14.9 Å². The molecule has 19 heavy (non-hydrogen) atoms. The van der Waals surface area contributed by atoms with Gasteiger partial charge in [-0.1, -0.05) is 19.3 Å². The number of carbonyl (C=O) groups excluding carboxylic acids is 1. The van der Waals surface area contributed by atoms with Crippen LogP contribution in [-0.4, -0.2) is 32.7 Å². The lowest BCUT2D eigenvalue weighted by atomic mass is 9.82. The molecule has 6 heteroatoms. The highest BCUT2D eigenvalue weighted by Crippen LogP contribution is 2.27. The highest BCUT2D eigenvalue weighted by molar-refractivity contribution is 5.76. The fraction of sp³-hybridized carbons (Fsp3) is 0.615. The van der Waals surface area contributed by atoms with Crippen LogP contribution in [0.2, 0.25) is 0 Å². The van der Waals surface area contributed by atoms with Gasteiger partial charge in [0.2, 0.25) is 5.91 Å². The summed E-state index contributed by atoms with van der Waals surface area (Å²) in [5, 5.41) is 12.4. The summed E-state index contributed by atoms with van der Waals surface area (Å²) in [6.07, 6.45) is 7.66. The largest absolute Gasteiger partial charge is 0.394 e. The van der Waals surface area contributed by atoms with Crippen molar-refractivity contribution in [2.45, 2.75) is 44.2 Å². The second-order valence-corrected chi connectivity index (χ2v) is 5.08. The molecule has 1 aliphatic rings. The molecule has 0 atom stereocenters. The van der Waals surface area contributed by atoms with E-state index < -0.39 is 11.2 Å². The number of nitrogens with zero attached hydrogens (tertiary/aromatic N) is 2. The summed E-state index contributed by atoms with van der Waals surface area (Å²) in [6, 6.07) is 1.61. The smallest absolute Gasteiger partial charge is 0.347 e. The Hall–Kier alpha value is -1.69. The molecule has 104 valence electrons. The maximum atomic E-state index is 12.0. The van der Waals surface area contributed by atoms with Crippen molar-refractivity contribution in [3.8, 4) is 0 Å². The van der Waals surface area contributed by atoms with Crippen LogP contribution in [0, 0.1) is 0 Å². The molecule has 6 nitrogen and oxygen atoms in total. The van der Waals surface area contributed by atoms with Crippen LogP contribution in [0.4, 0.5) is 0 Å². The quantitative estimate of drug-likeness (QED) is 0.806. The zero-order valence-corrected chi connectivity index (χ0v) is 10.8. The molecule has 1 aromatic rings. The molecule has 0 radical (unpaired) electrons. The zero-order chi connectivity index (χ0) is 13.7. The van der Waals surface area contributed by atoms with E-state index in [-0.39, 0.29) is 19.1 Å². The summed E-state index contributed by atoms with van der Waals surface area (Å²) < 4.78 is 1.25. The van der Waals surface area contributed by atoms with Gasteiger partial charge in [0.05, 0.1) is 12.1 Å². The molecule has 0 saturated heterocycles. The molecule has 0 unspecified atom stereocenters. The third kappa shape index (κ3) is 3.41. The second-order valence-electron chi connectivity index (χ2n) is 5.08. The number of carbonyl (C=O) groups is 1. The summed E-state index contributed by atoms with van der Waals surface area (Å²) >= 11 is 0. The van der Waals surface area contributed by atoms with E-state index in [1.54, 1.807) is 6.07 Å². The van der Waals surface area contributed by atoms with Gasteiger partial charge in [-0.25, -0.2) is 9.78 Å². The Morgan fingerprint density at radius 2 is 2.16 bits per heavy atom. The van der Waals surface area contributed by atoms with Crippen LogP contribution in [0.3, 0.4) is 0 Å². The van der Waals surface area contributed by atoms with E-state index in [0.717, 1.165) is 32.1 Å². The first kappa shape index (κ1) is 13.7. The minimum Gasteiger partial charge on any atom is -0.394 e. The average Bonchev–Trinajstić information content (AvgIpc) is 2.42. The van der Waals surface area contributed by atoms with Gasteiger partial charge in [-0.3, -0.25) is 9.36 Å². The maximum absolute atomic E-state index is 12.0. The Bertz CT molecular complexity index is 492.